The van der Waals surface area contributed by atoms with Crippen molar-refractivity contribution in [3.63, 3.8) is 0 Å². The molecule has 1 aromatic carbocycles. The average Bonchev–Trinajstić information content (AvgIpc) is 3.15. The predicted octanol–water partition coefficient (Wildman–Crippen LogP) is 2.83. The fourth-order valence-electron chi connectivity index (χ4n) is 1.57. The van der Waals surface area contributed by atoms with Crippen LogP contribution in [0, 0.1) is 11.8 Å². The van der Waals surface area contributed by atoms with E-state index in [1.165, 1.54) is 6.21 Å². The van der Waals surface area contributed by atoms with E-state index in [-0.39, 0.29) is 11.7 Å². The largest absolute Gasteiger partial charge is 0.480 e. The number of ketones is 1. The van der Waals surface area contributed by atoms with Crippen LogP contribution < -0.4 is 0 Å². The van der Waals surface area contributed by atoms with Crippen LogP contribution in [0.2, 0.25) is 0 Å². The second-order valence-corrected chi connectivity index (χ2v) is 5.16. The lowest BCUT2D eigenvalue weighted by Crippen LogP contribution is -2.26. The summed E-state index contributed by atoms with van der Waals surface area (Å²) < 4.78 is 0.922. The number of benzene rings is 1. The number of hydrogen-bond acceptors (Lipinski definition) is 3. The molecule has 94 valence electrons. The SMILES string of the molecule is O=C(O)C(C=Nc1ccc(Br)cc1)C(=O)C1CC1. The van der Waals surface area contributed by atoms with Crippen molar-refractivity contribution < 1.29 is 14.7 Å². The number of aliphatic imine (C=N–C) groups is 1. The van der Waals surface area contributed by atoms with Gasteiger partial charge in [-0.05, 0) is 37.1 Å². The van der Waals surface area contributed by atoms with Crippen LogP contribution in [0.4, 0.5) is 5.69 Å². The molecule has 1 N–H and O–H groups in total. The molecule has 2 rings (SSSR count). The molecule has 1 aromatic rings. The third-order valence-corrected chi connectivity index (χ3v) is 3.28. The maximum atomic E-state index is 11.7. The minimum Gasteiger partial charge on any atom is -0.480 e. The number of aliphatic carboxylic acids is 1. The number of rotatable bonds is 5. The molecule has 0 aromatic heterocycles. The zero-order valence-corrected chi connectivity index (χ0v) is 11.1. The highest BCUT2D eigenvalue weighted by atomic mass is 79.9. The number of carboxylic acids is 1. The first-order valence-electron chi connectivity index (χ1n) is 5.64. The molecular weight excluding hydrogens is 298 g/mol. The lowest BCUT2D eigenvalue weighted by Gasteiger charge is -2.04. The standard InChI is InChI=1S/C13H12BrNO3/c14-9-3-5-10(6-4-9)15-7-11(13(17)18)12(16)8-1-2-8/h3-8,11H,1-2H2,(H,17,18). The molecule has 1 atom stereocenters. The van der Waals surface area contributed by atoms with Crippen LogP contribution in [0.5, 0.6) is 0 Å². The molecule has 18 heavy (non-hydrogen) atoms. The number of carboxylic acid groups (broad SMARTS) is 1. The van der Waals surface area contributed by atoms with Gasteiger partial charge in [0.1, 0.15) is 0 Å². The number of nitrogens with zero attached hydrogens (tertiary/aromatic N) is 1. The summed E-state index contributed by atoms with van der Waals surface area (Å²) in [4.78, 5) is 26.8. The number of carbonyl (C=O) groups excluding carboxylic acids is 1. The van der Waals surface area contributed by atoms with Crippen LogP contribution >= 0.6 is 15.9 Å². The molecule has 4 nitrogen and oxygen atoms in total. The Morgan fingerprint density at radius 2 is 1.94 bits per heavy atom. The third-order valence-electron chi connectivity index (χ3n) is 2.75. The van der Waals surface area contributed by atoms with E-state index in [0.29, 0.717) is 5.69 Å². The Bertz CT molecular complexity index is 491. The Kier molecular flexibility index (Phi) is 3.91. The number of carbonyl (C=O) groups is 2. The Morgan fingerprint density at radius 1 is 1.33 bits per heavy atom. The summed E-state index contributed by atoms with van der Waals surface area (Å²) >= 11 is 3.30. The number of halogens is 1. The van der Waals surface area contributed by atoms with Crippen molar-refractivity contribution in [3.05, 3.63) is 28.7 Å². The van der Waals surface area contributed by atoms with Crippen molar-refractivity contribution in [1.29, 1.82) is 0 Å². The van der Waals surface area contributed by atoms with Gasteiger partial charge in [-0.25, -0.2) is 0 Å². The quantitative estimate of drug-likeness (QED) is 0.672. The van der Waals surface area contributed by atoms with E-state index in [0.717, 1.165) is 17.3 Å². The van der Waals surface area contributed by atoms with Crippen LogP contribution in [0.25, 0.3) is 0 Å². The first-order valence-corrected chi connectivity index (χ1v) is 6.43. The molecule has 1 fully saturated rings. The van der Waals surface area contributed by atoms with E-state index < -0.39 is 11.9 Å². The van der Waals surface area contributed by atoms with E-state index in [4.69, 9.17) is 5.11 Å². The van der Waals surface area contributed by atoms with Gasteiger partial charge in [-0.2, -0.15) is 0 Å². The molecule has 5 heteroatoms. The maximum Gasteiger partial charge on any atom is 0.319 e. The van der Waals surface area contributed by atoms with Gasteiger partial charge < -0.3 is 5.11 Å². The molecule has 1 aliphatic rings. The lowest BCUT2D eigenvalue weighted by atomic mass is 10.0. The summed E-state index contributed by atoms with van der Waals surface area (Å²) in [6.07, 6.45) is 2.83. The highest BCUT2D eigenvalue weighted by Gasteiger charge is 2.37. The Balaban J connectivity index is 2.10. The van der Waals surface area contributed by atoms with Gasteiger partial charge in [0.2, 0.25) is 0 Å². The van der Waals surface area contributed by atoms with Gasteiger partial charge >= 0.3 is 5.97 Å². The second kappa shape index (κ2) is 5.44. The third kappa shape index (κ3) is 3.26. The summed E-state index contributed by atoms with van der Waals surface area (Å²) in [7, 11) is 0. The zero-order chi connectivity index (χ0) is 13.1. The topological polar surface area (TPSA) is 66.7 Å². The highest BCUT2D eigenvalue weighted by Crippen LogP contribution is 2.32. The molecular formula is C13H12BrNO3. The zero-order valence-electron chi connectivity index (χ0n) is 9.54. The number of Topliss-reactive ketones (excluding diaryl/α,β-unsaturated/α-hetero) is 1. The molecule has 0 aliphatic heterocycles. The van der Waals surface area contributed by atoms with Gasteiger partial charge in [0.15, 0.2) is 11.7 Å². The molecule has 0 amide bonds. The van der Waals surface area contributed by atoms with Gasteiger partial charge in [0.05, 0.1) is 5.69 Å². The molecule has 0 spiro atoms. The van der Waals surface area contributed by atoms with Crippen molar-refractivity contribution in [2.45, 2.75) is 12.8 Å². The van der Waals surface area contributed by atoms with Crippen molar-refractivity contribution in [2.24, 2.45) is 16.8 Å². The minimum absolute atomic E-state index is 0.0810. The summed E-state index contributed by atoms with van der Waals surface area (Å²) in [6.45, 7) is 0. The van der Waals surface area contributed by atoms with Gasteiger partial charge in [-0.15, -0.1) is 0 Å². The van der Waals surface area contributed by atoms with Crippen molar-refractivity contribution in [2.75, 3.05) is 0 Å². The van der Waals surface area contributed by atoms with Gasteiger partial charge in [-0.1, -0.05) is 15.9 Å². The van der Waals surface area contributed by atoms with Gasteiger partial charge in [0, 0.05) is 16.6 Å². The van der Waals surface area contributed by atoms with E-state index in [1.807, 2.05) is 12.1 Å². The van der Waals surface area contributed by atoms with Crippen LogP contribution in [0.1, 0.15) is 12.8 Å². The fourth-order valence-corrected chi connectivity index (χ4v) is 1.83. The summed E-state index contributed by atoms with van der Waals surface area (Å²) in [5.41, 5.74) is 0.632. The Labute approximate surface area is 113 Å². The first kappa shape index (κ1) is 13.0. The Morgan fingerprint density at radius 3 is 2.44 bits per heavy atom. The minimum atomic E-state index is -1.13. The van der Waals surface area contributed by atoms with Gasteiger partial charge in [0.25, 0.3) is 0 Å². The monoisotopic (exact) mass is 309 g/mol. The van der Waals surface area contributed by atoms with Gasteiger partial charge in [-0.3, -0.25) is 14.6 Å². The molecule has 1 aliphatic carbocycles. The molecule has 0 heterocycles. The highest BCUT2D eigenvalue weighted by molar-refractivity contribution is 9.10. The van der Waals surface area contributed by atoms with Crippen LogP contribution in [-0.2, 0) is 9.59 Å². The maximum absolute atomic E-state index is 11.7. The Hall–Kier alpha value is -1.49. The fraction of sp³-hybridized carbons (Fsp3) is 0.308. The molecule has 0 bridgehead atoms. The van der Waals surface area contributed by atoms with E-state index in [2.05, 4.69) is 20.9 Å². The average molecular weight is 310 g/mol. The van der Waals surface area contributed by atoms with E-state index in [9.17, 15) is 9.59 Å². The van der Waals surface area contributed by atoms with E-state index >= 15 is 0 Å². The van der Waals surface area contributed by atoms with Crippen LogP contribution in [-0.4, -0.2) is 23.1 Å². The lowest BCUT2D eigenvalue weighted by molar-refractivity contribution is -0.143. The normalized spacial score (nSPS) is 16.7. The summed E-state index contributed by atoms with van der Waals surface area (Å²) in [6, 6.07) is 7.12. The van der Waals surface area contributed by atoms with Crippen LogP contribution in [0.15, 0.2) is 33.7 Å². The molecule has 1 unspecified atom stereocenters. The van der Waals surface area contributed by atoms with Crippen molar-refractivity contribution in [3.8, 4) is 0 Å². The molecule has 0 saturated heterocycles. The molecule has 1 saturated carbocycles. The summed E-state index contributed by atoms with van der Waals surface area (Å²) in [5, 5.41) is 9.02. The first-order chi connectivity index (χ1) is 8.58. The second-order valence-electron chi connectivity index (χ2n) is 4.25. The smallest absolute Gasteiger partial charge is 0.319 e. The number of hydrogen-bond donors (Lipinski definition) is 1. The van der Waals surface area contributed by atoms with Crippen molar-refractivity contribution in [1.82, 2.24) is 0 Å². The molecule has 0 radical (unpaired) electrons. The predicted molar refractivity (Wildman–Crippen MR) is 71.2 cm³/mol. The van der Waals surface area contributed by atoms with E-state index in [1.54, 1.807) is 12.1 Å². The van der Waals surface area contributed by atoms with Crippen LogP contribution in [0.3, 0.4) is 0 Å². The van der Waals surface area contributed by atoms with Crippen molar-refractivity contribution >= 4 is 39.6 Å². The summed E-state index contributed by atoms with van der Waals surface area (Å²) in [5.74, 6) is -2.57.